The van der Waals surface area contributed by atoms with Gasteiger partial charge in [-0.3, -0.25) is 0 Å². The monoisotopic (exact) mass is 681 g/mol. The summed E-state index contributed by atoms with van der Waals surface area (Å²) < 4.78 is 6.02. The van der Waals surface area contributed by atoms with E-state index in [9.17, 15) is 0 Å². The molecule has 3 heterocycles. The zero-order valence-corrected chi connectivity index (χ0v) is 23.7. The molecule has 1 radical (unpaired) electrons. The summed E-state index contributed by atoms with van der Waals surface area (Å²) in [5, 5.41) is 2.24. The molecule has 4 aromatic carbocycles. The molecule has 7 rings (SSSR count). The molecule has 0 atom stereocenters. The van der Waals surface area contributed by atoms with E-state index in [1.54, 1.807) is 12.4 Å². The van der Waals surface area contributed by atoms with Crippen molar-refractivity contribution in [1.82, 2.24) is 9.97 Å². The molecule has 0 amide bonds. The van der Waals surface area contributed by atoms with E-state index in [0.717, 1.165) is 50.0 Å². The van der Waals surface area contributed by atoms with Gasteiger partial charge in [-0.25, -0.2) is 0 Å². The second kappa shape index (κ2) is 12.0. The third kappa shape index (κ3) is 5.58. The van der Waals surface area contributed by atoms with Gasteiger partial charge in [0.05, 0.1) is 5.58 Å². The van der Waals surface area contributed by atoms with Crippen LogP contribution in [0.3, 0.4) is 0 Å². The number of hydrogen-bond acceptors (Lipinski definition) is 3. The van der Waals surface area contributed by atoms with Gasteiger partial charge in [0.1, 0.15) is 5.58 Å². The van der Waals surface area contributed by atoms with Gasteiger partial charge in [0.25, 0.3) is 0 Å². The molecule has 0 fully saturated rings. The van der Waals surface area contributed by atoms with Crippen molar-refractivity contribution in [3.05, 3.63) is 145 Å². The Hall–Kier alpha value is -4.37. The Balaban J connectivity index is 0.000000155. The van der Waals surface area contributed by atoms with Gasteiger partial charge in [0.2, 0.25) is 0 Å². The maximum atomic E-state index is 6.02. The molecule has 0 saturated carbocycles. The molecule has 7 aromatic rings. The third-order valence-corrected chi connectivity index (χ3v) is 6.43. The molecule has 0 aliphatic rings. The van der Waals surface area contributed by atoms with E-state index < -0.39 is 0 Å². The quantitative estimate of drug-likeness (QED) is 0.175. The molecular formula is C35H24IrN2O-2. The fraction of sp³-hybridized carbons (Fsp3) is 0.0286. The fourth-order valence-corrected chi connectivity index (χ4v) is 4.56. The van der Waals surface area contributed by atoms with Crippen LogP contribution >= 0.6 is 0 Å². The molecule has 3 nitrogen and oxygen atoms in total. The molecule has 0 N–H and O–H groups in total. The maximum absolute atomic E-state index is 6.02. The summed E-state index contributed by atoms with van der Waals surface area (Å²) in [7, 11) is 0. The predicted octanol–water partition coefficient (Wildman–Crippen LogP) is 8.97. The number of furan rings is 1. The number of aromatic nitrogens is 2. The van der Waals surface area contributed by atoms with Crippen molar-refractivity contribution in [3.63, 3.8) is 0 Å². The number of aryl methyl sites for hydroxylation is 1. The van der Waals surface area contributed by atoms with Crippen molar-refractivity contribution in [1.29, 1.82) is 0 Å². The van der Waals surface area contributed by atoms with Crippen molar-refractivity contribution in [2.24, 2.45) is 0 Å². The molecule has 39 heavy (non-hydrogen) atoms. The topological polar surface area (TPSA) is 38.9 Å². The average molecular weight is 681 g/mol. The van der Waals surface area contributed by atoms with Crippen molar-refractivity contribution >= 4 is 21.9 Å². The summed E-state index contributed by atoms with van der Waals surface area (Å²) in [6, 6.07) is 45.0. The van der Waals surface area contributed by atoms with Crippen LogP contribution in [0.4, 0.5) is 0 Å². The SMILES string of the molecule is Cc1cccnc1-c1[c-]ccc2c1oc1ccccc12.[Ir].[c-]1ccc(-c2ccccc2)cc1-c1ccccn1. The molecule has 0 saturated heterocycles. The van der Waals surface area contributed by atoms with Gasteiger partial charge in [-0.15, -0.1) is 53.6 Å². The van der Waals surface area contributed by atoms with Crippen LogP contribution in [-0.4, -0.2) is 9.97 Å². The van der Waals surface area contributed by atoms with Gasteiger partial charge >= 0.3 is 0 Å². The molecule has 3 aromatic heterocycles. The second-order valence-electron chi connectivity index (χ2n) is 8.93. The first kappa shape index (κ1) is 26.2. The number of para-hydroxylation sites is 1. The standard InChI is InChI=1S/C18H12NO.C17H12N.Ir/c1-12-6-5-11-19-17(12)15-9-4-8-14-13-7-2-3-10-16(13)20-18(14)15;1-2-7-14(8-3-1)15-9-6-10-16(13-15)17-11-4-5-12-18-17;/h2-8,10-11H,1H3;1-9,11-13H;/q2*-1;. The van der Waals surface area contributed by atoms with E-state index >= 15 is 0 Å². The van der Waals surface area contributed by atoms with Crippen LogP contribution < -0.4 is 0 Å². The average Bonchev–Trinajstić information content (AvgIpc) is 3.38. The minimum Gasteiger partial charge on any atom is -0.501 e. The smallest absolute Gasteiger partial charge is 0.120 e. The van der Waals surface area contributed by atoms with Crippen LogP contribution in [0.15, 0.2) is 132 Å². The van der Waals surface area contributed by atoms with Crippen LogP contribution in [0.1, 0.15) is 5.56 Å². The second-order valence-corrected chi connectivity index (χ2v) is 8.93. The minimum atomic E-state index is 0. The number of nitrogens with zero attached hydrogens (tertiary/aromatic N) is 2. The van der Waals surface area contributed by atoms with E-state index in [0.29, 0.717) is 0 Å². The normalized spacial score (nSPS) is 10.5. The minimum absolute atomic E-state index is 0. The Bertz CT molecular complexity index is 1770. The van der Waals surface area contributed by atoms with Crippen LogP contribution in [0.25, 0.3) is 55.6 Å². The van der Waals surface area contributed by atoms with Gasteiger partial charge < -0.3 is 14.4 Å². The molecule has 0 spiro atoms. The van der Waals surface area contributed by atoms with Crippen molar-refractivity contribution in [2.45, 2.75) is 6.92 Å². The van der Waals surface area contributed by atoms with E-state index in [-0.39, 0.29) is 20.1 Å². The molecular weight excluding hydrogens is 657 g/mol. The molecule has 0 aliphatic carbocycles. The van der Waals surface area contributed by atoms with Crippen molar-refractivity contribution < 1.29 is 24.5 Å². The zero-order valence-electron chi connectivity index (χ0n) is 21.3. The van der Waals surface area contributed by atoms with Gasteiger partial charge in [-0.2, -0.15) is 0 Å². The molecule has 0 aliphatic heterocycles. The molecule has 4 heteroatoms. The summed E-state index contributed by atoms with van der Waals surface area (Å²) in [4.78, 5) is 8.83. The van der Waals surface area contributed by atoms with E-state index in [4.69, 9.17) is 4.42 Å². The fourth-order valence-electron chi connectivity index (χ4n) is 4.56. The van der Waals surface area contributed by atoms with Gasteiger partial charge in [-0.1, -0.05) is 83.2 Å². The Morgan fingerprint density at radius 3 is 2.23 bits per heavy atom. The van der Waals surface area contributed by atoms with Crippen LogP contribution in [-0.2, 0) is 20.1 Å². The Morgan fingerprint density at radius 1 is 0.641 bits per heavy atom. The number of fused-ring (bicyclic) bond motifs is 3. The number of pyridine rings is 2. The molecule has 0 unspecified atom stereocenters. The van der Waals surface area contributed by atoms with Crippen molar-refractivity contribution in [2.75, 3.05) is 0 Å². The maximum Gasteiger partial charge on any atom is 0.120 e. The summed E-state index contributed by atoms with van der Waals surface area (Å²) in [5.74, 6) is 0. The van der Waals surface area contributed by atoms with Crippen LogP contribution in [0.2, 0.25) is 0 Å². The summed E-state index contributed by atoms with van der Waals surface area (Å²) in [6.45, 7) is 2.05. The van der Waals surface area contributed by atoms with Crippen LogP contribution in [0.5, 0.6) is 0 Å². The summed E-state index contributed by atoms with van der Waals surface area (Å²) in [6.07, 6.45) is 3.61. The molecule has 191 valence electrons. The van der Waals surface area contributed by atoms with E-state index in [1.165, 1.54) is 11.1 Å². The largest absolute Gasteiger partial charge is 0.501 e. The predicted molar refractivity (Wildman–Crippen MR) is 154 cm³/mol. The van der Waals surface area contributed by atoms with Gasteiger partial charge in [0.15, 0.2) is 0 Å². The third-order valence-electron chi connectivity index (χ3n) is 6.43. The first-order valence-electron chi connectivity index (χ1n) is 12.5. The molecule has 0 bridgehead atoms. The Labute approximate surface area is 241 Å². The summed E-state index contributed by atoms with van der Waals surface area (Å²) in [5.41, 5.74) is 9.11. The summed E-state index contributed by atoms with van der Waals surface area (Å²) >= 11 is 0. The Morgan fingerprint density at radius 2 is 1.41 bits per heavy atom. The number of rotatable bonds is 3. The number of hydrogen-bond donors (Lipinski definition) is 0. The zero-order chi connectivity index (χ0) is 25.7. The first-order valence-corrected chi connectivity index (χ1v) is 12.5. The van der Waals surface area contributed by atoms with Gasteiger partial charge in [0, 0.05) is 37.9 Å². The van der Waals surface area contributed by atoms with E-state index in [2.05, 4.69) is 65.4 Å². The Kier molecular flexibility index (Phi) is 8.07. The van der Waals surface area contributed by atoms with Gasteiger partial charge in [-0.05, 0) is 42.1 Å². The van der Waals surface area contributed by atoms with Crippen molar-refractivity contribution in [3.8, 4) is 33.6 Å². The van der Waals surface area contributed by atoms with Crippen LogP contribution in [0, 0.1) is 19.1 Å². The first-order chi connectivity index (χ1) is 18.8. The number of benzene rings is 4. The van der Waals surface area contributed by atoms with E-state index in [1.807, 2.05) is 78.9 Å².